The van der Waals surface area contributed by atoms with E-state index in [9.17, 15) is 0 Å². The van der Waals surface area contributed by atoms with Crippen molar-refractivity contribution in [1.82, 2.24) is 4.57 Å². The zero-order valence-corrected chi connectivity index (χ0v) is 26.3. The summed E-state index contributed by atoms with van der Waals surface area (Å²) in [5.74, 6) is 0. The quantitative estimate of drug-likeness (QED) is 0.197. The fraction of sp³-hybridized carbons (Fsp3) is 0.0667. The molecule has 10 rings (SSSR count). The highest BCUT2D eigenvalue weighted by Gasteiger charge is 2.38. The van der Waals surface area contributed by atoms with Crippen LogP contribution in [-0.4, -0.2) is 4.57 Å². The first-order valence-electron chi connectivity index (χ1n) is 16.4. The average Bonchev–Trinajstić information content (AvgIpc) is 3.74. The molecule has 0 N–H and O–H groups in total. The highest BCUT2D eigenvalue weighted by atomic mass is 16.3. The van der Waals surface area contributed by atoms with Crippen LogP contribution in [0.1, 0.15) is 25.0 Å². The SMILES string of the molecule is CC1(C)c2cc(-n3c4ccccc4c4cc(-c5ccc(-c6ccccc6)cc5)ccc43)ccc2-c2c1ccc1c2oc2ccccc21. The van der Waals surface area contributed by atoms with Crippen LogP contribution in [0.4, 0.5) is 0 Å². The largest absolute Gasteiger partial charge is 0.455 e. The summed E-state index contributed by atoms with van der Waals surface area (Å²) in [6, 6.07) is 55.1. The molecule has 0 saturated carbocycles. The van der Waals surface area contributed by atoms with E-state index < -0.39 is 0 Å². The molecule has 9 aromatic rings. The molecular weight excluding hydrogens is 571 g/mol. The summed E-state index contributed by atoms with van der Waals surface area (Å²) >= 11 is 0. The second-order valence-corrected chi connectivity index (χ2v) is 13.3. The normalized spacial score (nSPS) is 13.5. The van der Waals surface area contributed by atoms with Gasteiger partial charge in [-0.15, -0.1) is 0 Å². The molecule has 0 fully saturated rings. The Morgan fingerprint density at radius 2 is 1.13 bits per heavy atom. The molecule has 0 atom stereocenters. The molecule has 0 spiro atoms. The summed E-state index contributed by atoms with van der Waals surface area (Å²) in [4.78, 5) is 0. The molecule has 222 valence electrons. The standard InChI is InChI=1S/C45H31NO/c1-45(2)38-24-23-35-34-13-7-9-15-42(34)47-44(35)43(38)36-22-21-32(27-39(36)45)46-40-14-8-6-12-33(40)37-26-31(20-25-41(37)46)30-18-16-29(17-19-30)28-10-4-3-5-11-28/h3-27H,1-2H3. The minimum atomic E-state index is -0.161. The molecule has 2 aromatic heterocycles. The predicted molar refractivity (Wildman–Crippen MR) is 196 cm³/mol. The zero-order chi connectivity index (χ0) is 31.3. The van der Waals surface area contributed by atoms with Crippen LogP contribution in [0, 0.1) is 0 Å². The van der Waals surface area contributed by atoms with Gasteiger partial charge < -0.3 is 8.98 Å². The van der Waals surface area contributed by atoms with Crippen LogP contribution in [0.15, 0.2) is 156 Å². The van der Waals surface area contributed by atoms with Crippen molar-refractivity contribution in [2.45, 2.75) is 19.3 Å². The van der Waals surface area contributed by atoms with E-state index in [4.69, 9.17) is 4.42 Å². The van der Waals surface area contributed by atoms with Gasteiger partial charge in [-0.25, -0.2) is 0 Å². The van der Waals surface area contributed by atoms with Crippen LogP contribution in [0.2, 0.25) is 0 Å². The van der Waals surface area contributed by atoms with Gasteiger partial charge in [0.2, 0.25) is 0 Å². The second-order valence-electron chi connectivity index (χ2n) is 13.3. The van der Waals surface area contributed by atoms with Crippen molar-refractivity contribution in [3.63, 3.8) is 0 Å². The minimum Gasteiger partial charge on any atom is -0.455 e. The average molecular weight is 602 g/mol. The number of rotatable bonds is 3. The highest BCUT2D eigenvalue weighted by Crippen LogP contribution is 2.53. The Hall–Kier alpha value is -5.86. The van der Waals surface area contributed by atoms with Crippen molar-refractivity contribution in [3.05, 3.63) is 163 Å². The van der Waals surface area contributed by atoms with Gasteiger partial charge in [-0.3, -0.25) is 0 Å². The molecule has 0 aliphatic heterocycles. The minimum absolute atomic E-state index is 0.161. The lowest BCUT2D eigenvalue weighted by atomic mass is 9.82. The van der Waals surface area contributed by atoms with E-state index in [2.05, 4.69) is 164 Å². The van der Waals surface area contributed by atoms with E-state index in [1.807, 2.05) is 6.07 Å². The molecule has 0 amide bonds. The van der Waals surface area contributed by atoms with Crippen LogP contribution >= 0.6 is 0 Å². The van der Waals surface area contributed by atoms with Crippen LogP contribution in [0.25, 0.3) is 82.8 Å². The van der Waals surface area contributed by atoms with E-state index in [0.717, 1.165) is 11.2 Å². The van der Waals surface area contributed by atoms with Gasteiger partial charge >= 0.3 is 0 Å². The van der Waals surface area contributed by atoms with E-state index in [1.54, 1.807) is 0 Å². The van der Waals surface area contributed by atoms with E-state index in [0.29, 0.717) is 0 Å². The monoisotopic (exact) mass is 601 g/mol. The third-order valence-electron chi connectivity index (χ3n) is 10.4. The maximum Gasteiger partial charge on any atom is 0.143 e. The smallest absolute Gasteiger partial charge is 0.143 e. The Labute approximate surface area is 273 Å². The summed E-state index contributed by atoms with van der Waals surface area (Å²) < 4.78 is 8.97. The van der Waals surface area contributed by atoms with Gasteiger partial charge in [-0.1, -0.05) is 129 Å². The predicted octanol–water partition coefficient (Wildman–Crippen LogP) is 12.3. The van der Waals surface area contributed by atoms with Crippen molar-refractivity contribution < 1.29 is 4.42 Å². The Morgan fingerprint density at radius 3 is 1.96 bits per heavy atom. The van der Waals surface area contributed by atoms with Crippen molar-refractivity contribution in [2.24, 2.45) is 0 Å². The van der Waals surface area contributed by atoms with Gasteiger partial charge in [0.05, 0.1) is 11.0 Å². The molecule has 1 aliphatic rings. The number of nitrogens with zero attached hydrogens (tertiary/aromatic N) is 1. The Morgan fingerprint density at radius 1 is 0.468 bits per heavy atom. The number of para-hydroxylation sites is 2. The van der Waals surface area contributed by atoms with Crippen molar-refractivity contribution in [2.75, 3.05) is 0 Å². The molecular formula is C45H31NO. The number of aromatic nitrogens is 1. The molecule has 2 heteroatoms. The lowest BCUT2D eigenvalue weighted by molar-refractivity contribution is 0.653. The third-order valence-corrected chi connectivity index (χ3v) is 10.4. The summed E-state index contributed by atoms with van der Waals surface area (Å²) in [6.07, 6.45) is 0. The van der Waals surface area contributed by atoms with Gasteiger partial charge in [-0.05, 0) is 75.3 Å². The molecule has 0 radical (unpaired) electrons. The van der Waals surface area contributed by atoms with Crippen LogP contribution in [0.3, 0.4) is 0 Å². The first-order chi connectivity index (χ1) is 23.1. The number of furan rings is 1. The van der Waals surface area contributed by atoms with Crippen molar-refractivity contribution >= 4 is 43.7 Å². The number of fused-ring (bicyclic) bond motifs is 10. The van der Waals surface area contributed by atoms with Crippen molar-refractivity contribution in [3.8, 4) is 39.1 Å². The van der Waals surface area contributed by atoms with Gasteiger partial charge in [-0.2, -0.15) is 0 Å². The van der Waals surface area contributed by atoms with Gasteiger partial charge in [0.15, 0.2) is 0 Å². The zero-order valence-electron chi connectivity index (χ0n) is 26.3. The van der Waals surface area contributed by atoms with E-state index >= 15 is 0 Å². The topological polar surface area (TPSA) is 18.1 Å². The molecule has 2 heterocycles. The van der Waals surface area contributed by atoms with Gasteiger partial charge in [0, 0.05) is 38.2 Å². The fourth-order valence-corrected chi connectivity index (χ4v) is 8.04. The molecule has 0 bridgehead atoms. The Kier molecular flexibility index (Phi) is 5.37. The lowest BCUT2D eigenvalue weighted by Gasteiger charge is -2.22. The number of benzene rings is 7. The summed E-state index contributed by atoms with van der Waals surface area (Å²) in [5.41, 5.74) is 15.4. The summed E-state index contributed by atoms with van der Waals surface area (Å²) in [7, 11) is 0. The first kappa shape index (κ1) is 26.4. The molecule has 7 aromatic carbocycles. The van der Waals surface area contributed by atoms with E-state index in [-0.39, 0.29) is 5.41 Å². The number of hydrogen-bond donors (Lipinski definition) is 0. The molecule has 47 heavy (non-hydrogen) atoms. The highest BCUT2D eigenvalue weighted by molar-refractivity contribution is 6.13. The Bertz CT molecular complexity index is 2690. The van der Waals surface area contributed by atoms with Crippen LogP contribution < -0.4 is 0 Å². The summed E-state index contributed by atoms with van der Waals surface area (Å²) in [6.45, 7) is 4.69. The molecule has 0 unspecified atom stereocenters. The molecule has 2 nitrogen and oxygen atoms in total. The fourth-order valence-electron chi connectivity index (χ4n) is 8.04. The molecule has 0 saturated heterocycles. The van der Waals surface area contributed by atoms with Gasteiger partial charge in [0.25, 0.3) is 0 Å². The van der Waals surface area contributed by atoms with Gasteiger partial charge in [0.1, 0.15) is 11.2 Å². The lowest BCUT2D eigenvalue weighted by Crippen LogP contribution is -2.15. The Balaban J connectivity index is 1.13. The summed E-state index contributed by atoms with van der Waals surface area (Å²) in [5, 5.41) is 4.87. The second kappa shape index (κ2) is 9.57. The maximum absolute atomic E-state index is 6.53. The van der Waals surface area contributed by atoms with Crippen LogP contribution in [0.5, 0.6) is 0 Å². The number of hydrogen-bond acceptors (Lipinski definition) is 1. The first-order valence-corrected chi connectivity index (χ1v) is 16.4. The third kappa shape index (κ3) is 3.73. The van der Waals surface area contributed by atoms with Crippen molar-refractivity contribution in [1.29, 1.82) is 0 Å². The van der Waals surface area contributed by atoms with E-state index in [1.165, 1.54) is 82.8 Å². The van der Waals surface area contributed by atoms with Crippen LogP contribution in [-0.2, 0) is 5.41 Å². The maximum atomic E-state index is 6.53. The molecule has 1 aliphatic carbocycles.